The molecule has 2 rings (SSSR count). The molecule has 1 aliphatic heterocycles. The summed E-state index contributed by atoms with van der Waals surface area (Å²) in [5.41, 5.74) is 1.25. The molecular formula is C13H16N4O2. The summed E-state index contributed by atoms with van der Waals surface area (Å²) in [4.78, 5) is 19.0. The molecule has 1 unspecified atom stereocenters. The van der Waals surface area contributed by atoms with Crippen molar-refractivity contribution in [2.24, 2.45) is 0 Å². The third kappa shape index (κ3) is 2.83. The molecule has 1 saturated heterocycles. The first-order valence-electron chi connectivity index (χ1n) is 6.20. The highest BCUT2D eigenvalue weighted by atomic mass is 16.4. The standard InChI is InChI=1S/C13H16N4O2/c1-10(13(18)19)16-5-7-17(8-6-16)12-3-2-4-15-11(12)9-14/h2-4,10H,5-8H2,1H3,(H,18,19). The number of aliphatic carboxylic acids is 1. The van der Waals surface area contributed by atoms with Gasteiger partial charge in [-0.25, -0.2) is 4.98 Å². The van der Waals surface area contributed by atoms with Gasteiger partial charge in [0.25, 0.3) is 0 Å². The molecule has 0 bridgehead atoms. The van der Waals surface area contributed by atoms with Gasteiger partial charge in [-0.1, -0.05) is 0 Å². The van der Waals surface area contributed by atoms with E-state index in [2.05, 4.69) is 16.0 Å². The van der Waals surface area contributed by atoms with Gasteiger partial charge < -0.3 is 10.0 Å². The summed E-state index contributed by atoms with van der Waals surface area (Å²) in [5.74, 6) is -0.799. The summed E-state index contributed by atoms with van der Waals surface area (Å²) < 4.78 is 0. The molecule has 1 aromatic heterocycles. The number of nitrogens with zero attached hydrogens (tertiary/aromatic N) is 4. The van der Waals surface area contributed by atoms with Gasteiger partial charge in [0.2, 0.25) is 0 Å². The minimum Gasteiger partial charge on any atom is -0.480 e. The summed E-state index contributed by atoms with van der Waals surface area (Å²) in [6, 6.07) is 5.30. The Kier molecular flexibility index (Phi) is 3.97. The van der Waals surface area contributed by atoms with Crippen LogP contribution in [0.1, 0.15) is 12.6 Å². The largest absolute Gasteiger partial charge is 0.480 e. The van der Waals surface area contributed by atoms with Crippen LogP contribution in [0.25, 0.3) is 0 Å². The number of anilines is 1. The van der Waals surface area contributed by atoms with Crippen molar-refractivity contribution in [1.29, 1.82) is 5.26 Å². The Bertz CT molecular complexity index is 504. The van der Waals surface area contributed by atoms with Crippen molar-refractivity contribution in [3.8, 4) is 6.07 Å². The number of rotatable bonds is 3. The lowest BCUT2D eigenvalue weighted by molar-refractivity contribution is -0.142. The minimum absolute atomic E-state index is 0.419. The molecule has 0 radical (unpaired) electrons. The first-order chi connectivity index (χ1) is 9.13. The number of hydrogen-bond donors (Lipinski definition) is 1. The zero-order chi connectivity index (χ0) is 13.8. The van der Waals surface area contributed by atoms with Gasteiger partial charge in [-0.3, -0.25) is 9.69 Å². The number of carboxylic acid groups (broad SMARTS) is 1. The maximum Gasteiger partial charge on any atom is 0.320 e. The average molecular weight is 260 g/mol. The van der Waals surface area contributed by atoms with Gasteiger partial charge in [-0.15, -0.1) is 0 Å². The molecule has 1 fully saturated rings. The molecule has 0 saturated carbocycles. The monoisotopic (exact) mass is 260 g/mol. The summed E-state index contributed by atoms with van der Waals surface area (Å²) in [6.07, 6.45) is 1.60. The lowest BCUT2D eigenvalue weighted by atomic mass is 10.2. The van der Waals surface area contributed by atoms with Crippen LogP contribution in [0.5, 0.6) is 0 Å². The zero-order valence-corrected chi connectivity index (χ0v) is 10.8. The predicted molar refractivity (Wildman–Crippen MR) is 69.8 cm³/mol. The highest BCUT2D eigenvalue weighted by molar-refractivity contribution is 5.73. The summed E-state index contributed by atoms with van der Waals surface area (Å²) in [7, 11) is 0. The van der Waals surface area contributed by atoms with Crippen molar-refractivity contribution < 1.29 is 9.90 Å². The van der Waals surface area contributed by atoms with Crippen molar-refractivity contribution in [1.82, 2.24) is 9.88 Å². The molecule has 1 aromatic rings. The minimum atomic E-state index is -0.799. The molecule has 1 atom stereocenters. The van der Waals surface area contributed by atoms with Gasteiger partial charge in [0.05, 0.1) is 5.69 Å². The lowest BCUT2D eigenvalue weighted by Crippen LogP contribution is -2.51. The van der Waals surface area contributed by atoms with E-state index < -0.39 is 12.0 Å². The van der Waals surface area contributed by atoms with E-state index in [0.29, 0.717) is 31.9 Å². The number of nitriles is 1. The second-order valence-corrected chi connectivity index (χ2v) is 4.52. The van der Waals surface area contributed by atoms with E-state index in [4.69, 9.17) is 10.4 Å². The van der Waals surface area contributed by atoms with Crippen LogP contribution in [0.3, 0.4) is 0 Å². The second-order valence-electron chi connectivity index (χ2n) is 4.52. The zero-order valence-electron chi connectivity index (χ0n) is 10.8. The normalized spacial score (nSPS) is 17.8. The Hall–Kier alpha value is -2.13. The van der Waals surface area contributed by atoms with Gasteiger partial charge in [-0.05, 0) is 19.1 Å². The third-order valence-corrected chi connectivity index (χ3v) is 3.45. The van der Waals surface area contributed by atoms with E-state index in [-0.39, 0.29) is 0 Å². The highest BCUT2D eigenvalue weighted by Crippen LogP contribution is 2.19. The topological polar surface area (TPSA) is 80.5 Å². The Morgan fingerprint density at radius 3 is 2.74 bits per heavy atom. The van der Waals surface area contributed by atoms with Crippen LogP contribution < -0.4 is 4.90 Å². The van der Waals surface area contributed by atoms with Crippen molar-refractivity contribution in [3.63, 3.8) is 0 Å². The van der Waals surface area contributed by atoms with Crippen LogP contribution in [-0.2, 0) is 4.79 Å². The smallest absolute Gasteiger partial charge is 0.320 e. The van der Waals surface area contributed by atoms with Crippen LogP contribution in [0.15, 0.2) is 18.3 Å². The Morgan fingerprint density at radius 1 is 1.47 bits per heavy atom. The fraction of sp³-hybridized carbons (Fsp3) is 0.462. The van der Waals surface area contributed by atoms with Crippen molar-refractivity contribution in [2.75, 3.05) is 31.1 Å². The van der Waals surface area contributed by atoms with E-state index in [1.54, 1.807) is 13.1 Å². The summed E-state index contributed by atoms with van der Waals surface area (Å²) in [5, 5.41) is 18.0. The molecule has 0 aliphatic carbocycles. The first kappa shape index (κ1) is 13.3. The lowest BCUT2D eigenvalue weighted by Gasteiger charge is -2.37. The van der Waals surface area contributed by atoms with Crippen LogP contribution in [0, 0.1) is 11.3 Å². The predicted octanol–water partition coefficient (Wildman–Crippen LogP) is 0.548. The number of hydrogen-bond acceptors (Lipinski definition) is 5. The highest BCUT2D eigenvalue weighted by Gasteiger charge is 2.26. The van der Waals surface area contributed by atoms with E-state index in [0.717, 1.165) is 5.69 Å². The fourth-order valence-electron chi connectivity index (χ4n) is 2.24. The average Bonchev–Trinajstić information content (AvgIpc) is 2.46. The Labute approximate surface area is 111 Å². The SMILES string of the molecule is CC(C(=O)O)N1CCN(c2cccnc2C#N)CC1. The van der Waals surface area contributed by atoms with Gasteiger partial charge >= 0.3 is 5.97 Å². The summed E-state index contributed by atoms with van der Waals surface area (Å²) in [6.45, 7) is 4.46. The van der Waals surface area contributed by atoms with Crippen LogP contribution >= 0.6 is 0 Å². The number of carbonyl (C=O) groups is 1. The van der Waals surface area contributed by atoms with E-state index >= 15 is 0 Å². The van der Waals surface area contributed by atoms with Gasteiger partial charge in [-0.2, -0.15) is 5.26 Å². The number of piperazine rings is 1. The van der Waals surface area contributed by atoms with Crippen molar-refractivity contribution >= 4 is 11.7 Å². The molecular weight excluding hydrogens is 244 g/mol. The molecule has 1 aliphatic rings. The van der Waals surface area contributed by atoms with Gasteiger partial charge in [0, 0.05) is 32.4 Å². The second kappa shape index (κ2) is 5.67. The third-order valence-electron chi connectivity index (χ3n) is 3.45. The molecule has 2 heterocycles. The molecule has 6 nitrogen and oxygen atoms in total. The van der Waals surface area contributed by atoms with Gasteiger partial charge in [0.1, 0.15) is 12.1 Å². The molecule has 0 amide bonds. The molecule has 6 heteroatoms. The number of carboxylic acids is 1. The molecule has 0 aromatic carbocycles. The van der Waals surface area contributed by atoms with E-state index in [1.807, 2.05) is 17.0 Å². The van der Waals surface area contributed by atoms with Crippen LogP contribution in [-0.4, -0.2) is 53.2 Å². The Morgan fingerprint density at radius 2 is 2.16 bits per heavy atom. The van der Waals surface area contributed by atoms with E-state index in [1.165, 1.54) is 0 Å². The molecule has 0 spiro atoms. The number of pyridine rings is 1. The van der Waals surface area contributed by atoms with Crippen LogP contribution in [0.2, 0.25) is 0 Å². The van der Waals surface area contributed by atoms with Crippen LogP contribution in [0.4, 0.5) is 5.69 Å². The molecule has 19 heavy (non-hydrogen) atoms. The Balaban J connectivity index is 2.04. The first-order valence-corrected chi connectivity index (χ1v) is 6.20. The maximum absolute atomic E-state index is 10.9. The van der Waals surface area contributed by atoms with Crippen molar-refractivity contribution in [2.45, 2.75) is 13.0 Å². The number of aromatic nitrogens is 1. The van der Waals surface area contributed by atoms with E-state index in [9.17, 15) is 4.79 Å². The van der Waals surface area contributed by atoms with Gasteiger partial charge in [0.15, 0.2) is 5.69 Å². The molecule has 1 N–H and O–H groups in total. The maximum atomic E-state index is 10.9. The fourth-order valence-corrected chi connectivity index (χ4v) is 2.24. The molecule has 100 valence electrons. The van der Waals surface area contributed by atoms with Crippen molar-refractivity contribution in [3.05, 3.63) is 24.0 Å². The summed E-state index contributed by atoms with van der Waals surface area (Å²) >= 11 is 0. The quantitative estimate of drug-likeness (QED) is 0.854.